The number of hydrogen-bond acceptors (Lipinski definition) is 4. The van der Waals surface area contributed by atoms with Gasteiger partial charge in [-0.25, -0.2) is 0 Å². The van der Waals surface area contributed by atoms with Gasteiger partial charge in [0.25, 0.3) is 0 Å². The lowest BCUT2D eigenvalue weighted by Gasteiger charge is -2.16. The van der Waals surface area contributed by atoms with Crippen LogP contribution in [0, 0.1) is 19.8 Å². The van der Waals surface area contributed by atoms with E-state index in [1.165, 1.54) is 0 Å². The van der Waals surface area contributed by atoms with E-state index in [2.05, 4.69) is 0 Å². The van der Waals surface area contributed by atoms with Crippen molar-refractivity contribution < 1.29 is 24.2 Å². The van der Waals surface area contributed by atoms with Crippen LogP contribution in [0.25, 0.3) is 0 Å². The smallest absolute Gasteiger partial charge is 0.308 e. The van der Waals surface area contributed by atoms with Crippen LogP contribution in [0.1, 0.15) is 23.1 Å². The van der Waals surface area contributed by atoms with Crippen molar-refractivity contribution in [2.75, 3.05) is 19.8 Å². The number of carbonyl (C=O) groups excluding carboxylic acids is 1. The van der Waals surface area contributed by atoms with E-state index < -0.39 is 11.9 Å². The number of carboxylic acid groups (broad SMARTS) is 1. The summed E-state index contributed by atoms with van der Waals surface area (Å²) in [6, 6.07) is 13.5. The standard InChI is InChI=1S/C22H25NO5/c1-15-4-3-5-16(2)21(15)28-11-10-27-19-8-6-17(7-9-19)13-23-14-18(22(25)26)12-20(23)24/h3-9,18H,10-14H2,1-2H3,(H,25,26). The van der Waals surface area contributed by atoms with Gasteiger partial charge >= 0.3 is 5.97 Å². The molecule has 1 saturated heterocycles. The van der Waals surface area contributed by atoms with E-state index in [1.807, 2.05) is 56.3 Å². The molecule has 6 nitrogen and oxygen atoms in total. The summed E-state index contributed by atoms with van der Waals surface area (Å²) >= 11 is 0. The summed E-state index contributed by atoms with van der Waals surface area (Å²) in [4.78, 5) is 24.6. The van der Waals surface area contributed by atoms with Crippen molar-refractivity contribution in [1.82, 2.24) is 4.90 Å². The van der Waals surface area contributed by atoms with Crippen molar-refractivity contribution in [2.45, 2.75) is 26.8 Å². The topological polar surface area (TPSA) is 76.1 Å². The van der Waals surface area contributed by atoms with Gasteiger partial charge in [-0.15, -0.1) is 0 Å². The number of likely N-dealkylation sites (tertiary alicyclic amines) is 1. The van der Waals surface area contributed by atoms with Crippen LogP contribution in [0.15, 0.2) is 42.5 Å². The van der Waals surface area contributed by atoms with E-state index >= 15 is 0 Å². The van der Waals surface area contributed by atoms with Crippen LogP contribution in [0.3, 0.4) is 0 Å². The molecule has 0 radical (unpaired) electrons. The number of benzene rings is 2. The zero-order valence-corrected chi connectivity index (χ0v) is 16.2. The molecule has 2 aromatic carbocycles. The molecule has 0 aromatic heterocycles. The number of ether oxygens (including phenoxy) is 2. The molecule has 0 bridgehead atoms. The van der Waals surface area contributed by atoms with Crippen molar-refractivity contribution in [2.24, 2.45) is 5.92 Å². The van der Waals surface area contributed by atoms with Crippen LogP contribution in [-0.2, 0) is 16.1 Å². The highest BCUT2D eigenvalue weighted by Gasteiger charge is 2.33. The van der Waals surface area contributed by atoms with Gasteiger partial charge in [-0.1, -0.05) is 30.3 Å². The predicted molar refractivity (Wildman–Crippen MR) is 105 cm³/mol. The van der Waals surface area contributed by atoms with Gasteiger partial charge in [0, 0.05) is 19.5 Å². The monoisotopic (exact) mass is 383 g/mol. The SMILES string of the molecule is Cc1cccc(C)c1OCCOc1ccc(CN2CC(C(=O)O)CC2=O)cc1. The molecule has 28 heavy (non-hydrogen) atoms. The second-order valence-corrected chi connectivity index (χ2v) is 7.08. The molecule has 6 heteroatoms. The van der Waals surface area contributed by atoms with Gasteiger partial charge < -0.3 is 19.5 Å². The maximum Gasteiger partial charge on any atom is 0.308 e. The average molecular weight is 383 g/mol. The second kappa shape index (κ2) is 8.78. The number of aryl methyl sites for hydroxylation is 2. The van der Waals surface area contributed by atoms with Gasteiger partial charge in [0.05, 0.1) is 5.92 Å². The number of carboxylic acids is 1. The normalized spacial score (nSPS) is 16.3. The molecule has 148 valence electrons. The highest BCUT2D eigenvalue weighted by Crippen LogP contribution is 2.23. The zero-order valence-electron chi connectivity index (χ0n) is 16.2. The predicted octanol–water partition coefficient (Wildman–Crippen LogP) is 3.19. The van der Waals surface area contributed by atoms with Crippen molar-refractivity contribution >= 4 is 11.9 Å². The lowest BCUT2D eigenvalue weighted by Crippen LogP contribution is -2.25. The molecule has 1 heterocycles. The van der Waals surface area contributed by atoms with Gasteiger partial charge in [-0.3, -0.25) is 9.59 Å². The average Bonchev–Trinajstić information content (AvgIpc) is 3.03. The Morgan fingerprint density at radius 2 is 1.71 bits per heavy atom. The molecule has 1 amide bonds. The third-order valence-electron chi connectivity index (χ3n) is 4.87. The third kappa shape index (κ3) is 4.82. The van der Waals surface area contributed by atoms with Gasteiger partial charge in [0.1, 0.15) is 24.7 Å². The Morgan fingerprint density at radius 1 is 1.07 bits per heavy atom. The Hall–Kier alpha value is -3.02. The van der Waals surface area contributed by atoms with E-state index in [0.717, 1.165) is 28.2 Å². The molecule has 3 rings (SSSR count). The largest absolute Gasteiger partial charge is 0.490 e. The van der Waals surface area contributed by atoms with Crippen molar-refractivity contribution in [3.63, 3.8) is 0 Å². The van der Waals surface area contributed by atoms with Crippen molar-refractivity contribution in [3.8, 4) is 11.5 Å². The van der Waals surface area contributed by atoms with Gasteiger partial charge in [-0.05, 0) is 42.7 Å². The van der Waals surface area contributed by atoms with Gasteiger partial charge in [0.2, 0.25) is 5.91 Å². The van der Waals surface area contributed by atoms with Crippen LogP contribution < -0.4 is 9.47 Å². The van der Waals surface area contributed by atoms with Crippen LogP contribution in [0.4, 0.5) is 0 Å². The van der Waals surface area contributed by atoms with E-state index in [1.54, 1.807) is 4.90 Å². The van der Waals surface area contributed by atoms with Crippen LogP contribution in [0.5, 0.6) is 11.5 Å². The molecule has 1 aliphatic rings. The number of nitrogens with zero attached hydrogens (tertiary/aromatic N) is 1. The molecular weight excluding hydrogens is 358 g/mol. The third-order valence-corrected chi connectivity index (χ3v) is 4.87. The quantitative estimate of drug-likeness (QED) is 0.709. The fourth-order valence-electron chi connectivity index (χ4n) is 3.33. The van der Waals surface area contributed by atoms with Gasteiger partial charge in [0.15, 0.2) is 0 Å². The number of carbonyl (C=O) groups is 2. The van der Waals surface area contributed by atoms with E-state index in [9.17, 15) is 9.59 Å². The van der Waals surface area contributed by atoms with Crippen molar-refractivity contribution in [3.05, 3.63) is 59.2 Å². The van der Waals surface area contributed by atoms with E-state index in [0.29, 0.717) is 19.8 Å². The lowest BCUT2D eigenvalue weighted by atomic mass is 10.1. The fraction of sp³-hybridized carbons (Fsp3) is 0.364. The number of rotatable bonds is 8. The molecule has 0 saturated carbocycles. The number of amides is 1. The molecule has 1 unspecified atom stereocenters. The Bertz CT molecular complexity index is 826. The van der Waals surface area contributed by atoms with Gasteiger partial charge in [-0.2, -0.15) is 0 Å². The fourth-order valence-corrected chi connectivity index (χ4v) is 3.33. The first-order valence-corrected chi connectivity index (χ1v) is 9.35. The first-order chi connectivity index (χ1) is 13.4. The second-order valence-electron chi connectivity index (χ2n) is 7.08. The Kier molecular flexibility index (Phi) is 6.19. The maximum absolute atomic E-state index is 11.9. The minimum atomic E-state index is -0.914. The maximum atomic E-state index is 11.9. The number of aliphatic carboxylic acids is 1. The first-order valence-electron chi connectivity index (χ1n) is 9.35. The Balaban J connectivity index is 1.46. The molecule has 1 N–H and O–H groups in total. The summed E-state index contributed by atoms with van der Waals surface area (Å²) in [5.41, 5.74) is 3.15. The van der Waals surface area contributed by atoms with Crippen LogP contribution in [-0.4, -0.2) is 41.6 Å². The summed E-state index contributed by atoms with van der Waals surface area (Å²) in [7, 11) is 0. The number of para-hydroxylation sites is 1. The summed E-state index contributed by atoms with van der Waals surface area (Å²) in [5, 5.41) is 9.05. The molecule has 1 aliphatic heterocycles. The molecule has 0 spiro atoms. The summed E-state index contributed by atoms with van der Waals surface area (Å²) < 4.78 is 11.5. The molecule has 0 aliphatic carbocycles. The lowest BCUT2D eigenvalue weighted by molar-refractivity contribution is -0.141. The van der Waals surface area contributed by atoms with Crippen LogP contribution in [0.2, 0.25) is 0 Å². The summed E-state index contributed by atoms with van der Waals surface area (Å²) in [5.74, 6) is -0.00696. The zero-order chi connectivity index (χ0) is 20.1. The van der Waals surface area contributed by atoms with E-state index in [-0.39, 0.29) is 18.9 Å². The van der Waals surface area contributed by atoms with Crippen LogP contribution >= 0.6 is 0 Å². The minimum absolute atomic E-state index is 0.0802. The molecule has 1 fully saturated rings. The molecular formula is C22H25NO5. The Labute approximate surface area is 164 Å². The summed E-state index contributed by atoms with van der Waals surface area (Å²) in [6.07, 6.45) is 0.0802. The highest BCUT2D eigenvalue weighted by atomic mass is 16.5. The summed E-state index contributed by atoms with van der Waals surface area (Å²) in [6.45, 7) is 5.60. The molecule has 2 aromatic rings. The Morgan fingerprint density at radius 3 is 2.32 bits per heavy atom. The van der Waals surface area contributed by atoms with E-state index in [4.69, 9.17) is 14.6 Å². The number of hydrogen-bond donors (Lipinski definition) is 1. The van der Waals surface area contributed by atoms with Crippen molar-refractivity contribution in [1.29, 1.82) is 0 Å². The molecule has 1 atom stereocenters. The highest BCUT2D eigenvalue weighted by molar-refractivity contribution is 5.86. The first kappa shape index (κ1) is 19.7. The minimum Gasteiger partial charge on any atom is -0.490 e.